The van der Waals surface area contributed by atoms with Crippen LogP contribution < -0.4 is 5.32 Å². The van der Waals surface area contributed by atoms with Gasteiger partial charge in [-0.05, 0) is 37.3 Å². The molecule has 0 spiro atoms. The lowest BCUT2D eigenvalue weighted by Gasteiger charge is -2.23. The fourth-order valence-electron chi connectivity index (χ4n) is 3.26. The molecule has 0 aliphatic rings. The molecule has 6 heteroatoms. The summed E-state index contributed by atoms with van der Waals surface area (Å²) in [4.78, 5) is 27.2. The number of para-hydroxylation sites is 1. The maximum atomic E-state index is 13.0. The van der Waals surface area contributed by atoms with Crippen LogP contribution in [0.25, 0.3) is 5.69 Å². The number of aryl methyl sites for hydroxylation is 1. The summed E-state index contributed by atoms with van der Waals surface area (Å²) in [5.74, 6) is 0.914. The van der Waals surface area contributed by atoms with Gasteiger partial charge in [0, 0.05) is 24.4 Å². The Morgan fingerprint density at radius 3 is 2.45 bits per heavy atom. The minimum atomic E-state index is -0.205. The highest BCUT2D eigenvalue weighted by Crippen LogP contribution is 2.27. The Kier molecular flexibility index (Phi) is 8.43. The third-order valence-electron chi connectivity index (χ3n) is 5.22. The van der Waals surface area contributed by atoms with Crippen LogP contribution in [-0.4, -0.2) is 39.6 Å². The topological polar surface area (TPSA) is 67.2 Å². The van der Waals surface area contributed by atoms with Gasteiger partial charge in [0.15, 0.2) is 0 Å². The van der Waals surface area contributed by atoms with Crippen LogP contribution in [0.2, 0.25) is 0 Å². The quantitative estimate of drug-likeness (QED) is 0.607. The summed E-state index contributed by atoms with van der Waals surface area (Å²) >= 11 is 0. The number of nitrogens with zero attached hydrogens (tertiary/aromatic N) is 3. The number of anilines is 1. The molecule has 6 nitrogen and oxygen atoms in total. The van der Waals surface area contributed by atoms with Crippen molar-refractivity contribution in [3.05, 3.63) is 41.6 Å². The maximum absolute atomic E-state index is 13.0. The van der Waals surface area contributed by atoms with E-state index in [4.69, 9.17) is 5.10 Å². The highest BCUT2D eigenvalue weighted by atomic mass is 16.2. The first kappa shape index (κ1) is 24.6. The molecule has 170 valence electrons. The van der Waals surface area contributed by atoms with E-state index in [1.165, 1.54) is 0 Å². The number of hydrogen-bond donors (Lipinski definition) is 1. The van der Waals surface area contributed by atoms with Crippen molar-refractivity contribution in [2.45, 2.75) is 73.1 Å². The van der Waals surface area contributed by atoms with Gasteiger partial charge in [-0.15, -0.1) is 0 Å². The molecular weight excluding hydrogens is 388 g/mol. The third-order valence-corrected chi connectivity index (χ3v) is 5.22. The molecule has 1 N–H and O–H groups in total. The zero-order chi connectivity index (χ0) is 23.2. The van der Waals surface area contributed by atoms with Crippen LogP contribution in [0.3, 0.4) is 0 Å². The van der Waals surface area contributed by atoms with Gasteiger partial charge in [0.1, 0.15) is 5.82 Å². The molecule has 1 aromatic carbocycles. The van der Waals surface area contributed by atoms with Crippen molar-refractivity contribution in [1.29, 1.82) is 0 Å². The van der Waals surface area contributed by atoms with E-state index in [-0.39, 0.29) is 23.8 Å². The molecule has 0 aliphatic carbocycles. The Hall–Kier alpha value is -2.63. The van der Waals surface area contributed by atoms with E-state index >= 15 is 0 Å². The van der Waals surface area contributed by atoms with E-state index in [0.717, 1.165) is 29.8 Å². The zero-order valence-electron chi connectivity index (χ0n) is 20.2. The Morgan fingerprint density at radius 1 is 1.19 bits per heavy atom. The molecule has 2 amide bonds. The second-order valence-corrected chi connectivity index (χ2v) is 9.66. The van der Waals surface area contributed by atoms with E-state index < -0.39 is 0 Å². The van der Waals surface area contributed by atoms with Gasteiger partial charge in [-0.25, -0.2) is 4.68 Å². The van der Waals surface area contributed by atoms with Crippen molar-refractivity contribution in [3.8, 4) is 5.69 Å². The summed E-state index contributed by atoms with van der Waals surface area (Å²) in [5.41, 5.74) is 2.73. The molecule has 0 fully saturated rings. The average molecular weight is 427 g/mol. The summed E-state index contributed by atoms with van der Waals surface area (Å²) < 4.78 is 1.79. The lowest BCUT2D eigenvalue weighted by molar-refractivity contribution is -0.134. The van der Waals surface area contributed by atoms with Crippen LogP contribution in [0.15, 0.2) is 30.3 Å². The van der Waals surface area contributed by atoms with Crippen LogP contribution in [0.1, 0.15) is 72.1 Å². The van der Waals surface area contributed by atoms with E-state index in [1.807, 2.05) is 44.2 Å². The molecule has 0 saturated carbocycles. The molecule has 0 aliphatic heterocycles. The summed E-state index contributed by atoms with van der Waals surface area (Å²) in [5, 5.41) is 7.80. The molecule has 2 aromatic rings. The fraction of sp³-hybridized carbons (Fsp3) is 0.560. The van der Waals surface area contributed by atoms with E-state index in [9.17, 15) is 9.59 Å². The molecule has 2 rings (SSSR count). The van der Waals surface area contributed by atoms with Gasteiger partial charge in [-0.1, -0.05) is 59.7 Å². The van der Waals surface area contributed by atoms with Crippen LogP contribution >= 0.6 is 0 Å². The lowest BCUT2D eigenvalue weighted by atomic mass is 9.92. The number of amides is 2. The third kappa shape index (κ3) is 6.94. The molecule has 0 bridgehead atoms. The zero-order valence-corrected chi connectivity index (χ0v) is 20.2. The monoisotopic (exact) mass is 426 g/mol. The van der Waals surface area contributed by atoms with Crippen molar-refractivity contribution < 1.29 is 9.59 Å². The van der Waals surface area contributed by atoms with Gasteiger partial charge in [0.2, 0.25) is 11.8 Å². The molecule has 0 atom stereocenters. The van der Waals surface area contributed by atoms with E-state index in [2.05, 4.69) is 39.9 Å². The van der Waals surface area contributed by atoms with Crippen molar-refractivity contribution in [2.75, 3.05) is 18.4 Å². The fourth-order valence-corrected chi connectivity index (χ4v) is 3.26. The van der Waals surface area contributed by atoms with Crippen molar-refractivity contribution in [1.82, 2.24) is 14.7 Å². The molecular formula is C25H38N4O2. The number of benzene rings is 1. The molecule has 0 radical (unpaired) electrons. The van der Waals surface area contributed by atoms with Crippen LogP contribution in [0.5, 0.6) is 0 Å². The Labute approximate surface area is 187 Å². The first-order valence-corrected chi connectivity index (χ1v) is 11.3. The van der Waals surface area contributed by atoms with Crippen molar-refractivity contribution in [3.63, 3.8) is 0 Å². The summed E-state index contributed by atoms with van der Waals surface area (Å²) in [6, 6.07) is 9.89. The average Bonchev–Trinajstić information content (AvgIpc) is 3.09. The molecule has 0 unspecified atom stereocenters. The summed E-state index contributed by atoms with van der Waals surface area (Å²) in [6.45, 7) is 15.2. The predicted molar refractivity (Wildman–Crippen MR) is 127 cm³/mol. The standard InChI is InChI=1S/C25H38N4O2/c1-8-11-24(31)28(15-14-18(2)3)17-23(30)26-22-16-21(25(5,6)7)27-29(22)20-13-10-9-12-19(20)4/h9-10,12-13,16,18H,8,11,14-15,17H2,1-7H3,(H,26,30). The Morgan fingerprint density at radius 2 is 1.87 bits per heavy atom. The van der Waals surface area contributed by atoms with Gasteiger partial charge < -0.3 is 10.2 Å². The first-order chi connectivity index (χ1) is 14.5. The SMILES string of the molecule is CCCC(=O)N(CCC(C)C)CC(=O)Nc1cc(C(C)(C)C)nn1-c1ccccc1C. The second-order valence-electron chi connectivity index (χ2n) is 9.66. The Bertz CT molecular complexity index is 893. The normalized spacial score (nSPS) is 11.6. The highest BCUT2D eigenvalue weighted by molar-refractivity contribution is 5.94. The van der Waals surface area contributed by atoms with Crippen molar-refractivity contribution in [2.24, 2.45) is 5.92 Å². The van der Waals surface area contributed by atoms with Crippen LogP contribution in [-0.2, 0) is 15.0 Å². The maximum Gasteiger partial charge on any atom is 0.245 e. The summed E-state index contributed by atoms with van der Waals surface area (Å²) in [6.07, 6.45) is 2.10. The summed E-state index contributed by atoms with van der Waals surface area (Å²) in [7, 11) is 0. The van der Waals surface area contributed by atoms with Gasteiger partial charge in [-0.3, -0.25) is 9.59 Å². The molecule has 31 heavy (non-hydrogen) atoms. The minimum absolute atomic E-state index is 0.0288. The smallest absolute Gasteiger partial charge is 0.245 e. The molecule has 0 saturated heterocycles. The number of hydrogen-bond acceptors (Lipinski definition) is 3. The number of aromatic nitrogens is 2. The predicted octanol–water partition coefficient (Wildman–Crippen LogP) is 5.09. The largest absolute Gasteiger partial charge is 0.333 e. The number of rotatable bonds is 9. The van der Waals surface area contributed by atoms with Gasteiger partial charge in [0.25, 0.3) is 0 Å². The van der Waals surface area contributed by atoms with E-state index in [1.54, 1.807) is 9.58 Å². The Balaban J connectivity index is 2.29. The van der Waals surface area contributed by atoms with Crippen LogP contribution in [0.4, 0.5) is 5.82 Å². The number of carbonyl (C=O) groups is 2. The van der Waals surface area contributed by atoms with E-state index in [0.29, 0.717) is 24.7 Å². The van der Waals surface area contributed by atoms with Gasteiger partial charge >= 0.3 is 0 Å². The first-order valence-electron chi connectivity index (χ1n) is 11.3. The second kappa shape index (κ2) is 10.6. The molecule has 1 heterocycles. The molecule has 1 aromatic heterocycles. The van der Waals surface area contributed by atoms with Gasteiger partial charge in [-0.2, -0.15) is 5.10 Å². The minimum Gasteiger partial charge on any atom is -0.333 e. The lowest BCUT2D eigenvalue weighted by Crippen LogP contribution is -2.39. The van der Waals surface area contributed by atoms with Gasteiger partial charge in [0.05, 0.1) is 17.9 Å². The number of carbonyl (C=O) groups excluding carboxylic acids is 2. The highest BCUT2D eigenvalue weighted by Gasteiger charge is 2.23. The van der Waals surface area contributed by atoms with Crippen LogP contribution in [0, 0.1) is 12.8 Å². The van der Waals surface area contributed by atoms with Crippen molar-refractivity contribution >= 4 is 17.6 Å². The number of nitrogens with one attached hydrogen (secondary N) is 1.